The van der Waals surface area contributed by atoms with Crippen LogP contribution in [0.4, 0.5) is 5.82 Å². The van der Waals surface area contributed by atoms with Crippen molar-refractivity contribution in [3.8, 4) is 0 Å². The zero-order chi connectivity index (χ0) is 14.9. The maximum Gasteiger partial charge on any atom is 0.134 e. The van der Waals surface area contributed by atoms with E-state index in [2.05, 4.69) is 61.3 Å². The maximum atomic E-state index is 4.99. The molecule has 21 heavy (non-hydrogen) atoms. The lowest BCUT2D eigenvalue weighted by Crippen LogP contribution is -2.39. The molecule has 1 aliphatic heterocycles. The van der Waals surface area contributed by atoms with Crippen molar-refractivity contribution in [1.29, 1.82) is 0 Å². The number of aromatic nitrogens is 1. The number of pyridine rings is 1. The summed E-state index contributed by atoms with van der Waals surface area (Å²) in [5.41, 5.74) is 2.61. The van der Waals surface area contributed by atoms with Gasteiger partial charge in [-0.25, -0.2) is 4.98 Å². The van der Waals surface area contributed by atoms with Crippen molar-refractivity contribution < 1.29 is 0 Å². The van der Waals surface area contributed by atoms with Gasteiger partial charge < -0.3 is 10.2 Å². The Balaban J connectivity index is 2.09. The average Bonchev–Trinajstić information content (AvgIpc) is 2.83. The molecule has 112 valence electrons. The van der Waals surface area contributed by atoms with Crippen LogP contribution in [0, 0.1) is 0 Å². The predicted molar refractivity (Wildman–Crippen MR) is 89.8 cm³/mol. The second-order valence-electron chi connectivity index (χ2n) is 6.51. The average molecular weight is 283 g/mol. The van der Waals surface area contributed by atoms with Gasteiger partial charge in [0, 0.05) is 29.6 Å². The van der Waals surface area contributed by atoms with Crippen molar-refractivity contribution in [2.45, 2.75) is 45.7 Å². The summed E-state index contributed by atoms with van der Waals surface area (Å²) in [6.45, 7) is 9.78. The summed E-state index contributed by atoms with van der Waals surface area (Å²) in [7, 11) is 0. The lowest BCUT2D eigenvalue weighted by Gasteiger charge is -2.34. The topological polar surface area (TPSA) is 28.2 Å². The van der Waals surface area contributed by atoms with Gasteiger partial charge in [0.1, 0.15) is 5.82 Å². The molecular formula is C18H25N3. The monoisotopic (exact) mass is 283 g/mol. The van der Waals surface area contributed by atoms with Crippen molar-refractivity contribution in [2.75, 3.05) is 18.0 Å². The van der Waals surface area contributed by atoms with E-state index in [4.69, 9.17) is 4.98 Å². The van der Waals surface area contributed by atoms with E-state index < -0.39 is 0 Å². The summed E-state index contributed by atoms with van der Waals surface area (Å²) in [6.07, 6.45) is 2.49. The lowest BCUT2D eigenvalue weighted by atomic mass is 10.0. The van der Waals surface area contributed by atoms with Gasteiger partial charge in [-0.05, 0) is 45.4 Å². The van der Waals surface area contributed by atoms with Crippen molar-refractivity contribution in [1.82, 2.24) is 10.3 Å². The lowest BCUT2D eigenvalue weighted by molar-refractivity contribution is 0.512. The second kappa shape index (κ2) is 5.64. The van der Waals surface area contributed by atoms with E-state index in [1.807, 2.05) is 0 Å². The minimum atomic E-state index is 0.205. The van der Waals surface area contributed by atoms with E-state index in [1.54, 1.807) is 0 Å². The number of para-hydroxylation sites is 1. The van der Waals surface area contributed by atoms with Crippen LogP contribution in [-0.4, -0.2) is 23.6 Å². The SMILES string of the molecule is CCNCc1cc2ccccc2nc1N1CCCC1(C)C. The summed E-state index contributed by atoms with van der Waals surface area (Å²) in [5.74, 6) is 1.16. The number of anilines is 1. The van der Waals surface area contributed by atoms with E-state index in [9.17, 15) is 0 Å². The fourth-order valence-corrected chi connectivity index (χ4v) is 3.27. The zero-order valence-corrected chi connectivity index (χ0v) is 13.3. The van der Waals surface area contributed by atoms with Gasteiger partial charge in [0.2, 0.25) is 0 Å². The minimum absolute atomic E-state index is 0.205. The van der Waals surface area contributed by atoms with E-state index in [0.717, 1.165) is 31.0 Å². The van der Waals surface area contributed by atoms with E-state index >= 15 is 0 Å². The molecule has 1 aromatic heterocycles. The molecule has 0 radical (unpaired) electrons. The van der Waals surface area contributed by atoms with Gasteiger partial charge in [-0.1, -0.05) is 25.1 Å². The zero-order valence-electron chi connectivity index (χ0n) is 13.3. The Morgan fingerprint density at radius 2 is 2.10 bits per heavy atom. The molecule has 3 rings (SSSR count). The molecule has 0 aliphatic carbocycles. The highest BCUT2D eigenvalue weighted by molar-refractivity contribution is 5.82. The summed E-state index contributed by atoms with van der Waals surface area (Å²) in [6, 6.07) is 10.7. The number of hydrogen-bond donors (Lipinski definition) is 1. The van der Waals surface area contributed by atoms with E-state index in [0.29, 0.717) is 0 Å². The van der Waals surface area contributed by atoms with Crippen LogP contribution in [0.1, 0.15) is 39.2 Å². The molecule has 1 saturated heterocycles. The molecular weight excluding hydrogens is 258 g/mol. The number of nitrogens with one attached hydrogen (secondary N) is 1. The Hall–Kier alpha value is -1.61. The van der Waals surface area contributed by atoms with Gasteiger partial charge in [0.25, 0.3) is 0 Å². The Morgan fingerprint density at radius 1 is 1.29 bits per heavy atom. The van der Waals surface area contributed by atoms with Crippen LogP contribution in [0.25, 0.3) is 10.9 Å². The first-order valence-electron chi connectivity index (χ1n) is 7.99. The molecule has 3 nitrogen and oxygen atoms in total. The van der Waals surface area contributed by atoms with Gasteiger partial charge in [0.15, 0.2) is 0 Å². The highest BCUT2D eigenvalue weighted by Crippen LogP contribution is 2.35. The first kappa shape index (κ1) is 14.3. The molecule has 1 aromatic carbocycles. The second-order valence-corrected chi connectivity index (χ2v) is 6.51. The largest absolute Gasteiger partial charge is 0.351 e. The van der Waals surface area contributed by atoms with Gasteiger partial charge in [0.05, 0.1) is 5.52 Å². The highest BCUT2D eigenvalue weighted by Gasteiger charge is 2.34. The summed E-state index contributed by atoms with van der Waals surface area (Å²) < 4.78 is 0. The number of nitrogens with zero attached hydrogens (tertiary/aromatic N) is 2. The van der Waals surface area contributed by atoms with Crippen molar-refractivity contribution in [3.63, 3.8) is 0 Å². The van der Waals surface area contributed by atoms with Crippen molar-refractivity contribution in [3.05, 3.63) is 35.9 Å². The van der Waals surface area contributed by atoms with Crippen LogP contribution < -0.4 is 10.2 Å². The molecule has 0 amide bonds. The highest BCUT2D eigenvalue weighted by atomic mass is 15.3. The Morgan fingerprint density at radius 3 is 2.81 bits per heavy atom. The first-order valence-corrected chi connectivity index (χ1v) is 7.99. The van der Waals surface area contributed by atoms with Crippen molar-refractivity contribution in [2.24, 2.45) is 0 Å². The fourth-order valence-electron chi connectivity index (χ4n) is 3.27. The number of benzene rings is 1. The molecule has 0 unspecified atom stereocenters. The molecule has 1 fully saturated rings. The quantitative estimate of drug-likeness (QED) is 0.927. The van der Waals surface area contributed by atoms with Gasteiger partial charge in [-0.3, -0.25) is 0 Å². The third-order valence-corrected chi connectivity index (χ3v) is 4.50. The third-order valence-electron chi connectivity index (χ3n) is 4.50. The summed E-state index contributed by atoms with van der Waals surface area (Å²) >= 11 is 0. The molecule has 0 spiro atoms. The van der Waals surface area contributed by atoms with Crippen LogP contribution in [0.5, 0.6) is 0 Å². The number of fused-ring (bicyclic) bond motifs is 1. The Bertz CT molecular complexity index is 633. The van der Waals surface area contributed by atoms with Crippen LogP contribution in [-0.2, 0) is 6.54 Å². The van der Waals surface area contributed by atoms with Crippen LogP contribution in [0.15, 0.2) is 30.3 Å². The first-order chi connectivity index (χ1) is 10.1. The summed E-state index contributed by atoms with van der Waals surface area (Å²) in [5, 5.41) is 4.68. The third kappa shape index (κ3) is 2.75. The summed E-state index contributed by atoms with van der Waals surface area (Å²) in [4.78, 5) is 7.48. The van der Waals surface area contributed by atoms with E-state index in [-0.39, 0.29) is 5.54 Å². The predicted octanol–water partition coefficient (Wildman–Crippen LogP) is 3.72. The van der Waals surface area contributed by atoms with Gasteiger partial charge >= 0.3 is 0 Å². The fraction of sp³-hybridized carbons (Fsp3) is 0.500. The standard InChI is InChI=1S/C18H25N3/c1-4-19-13-15-12-14-8-5-6-9-16(14)20-17(15)21-11-7-10-18(21,2)3/h5-6,8-9,12,19H,4,7,10-11,13H2,1-3H3. The molecule has 2 heterocycles. The Labute approximate surface area is 127 Å². The van der Waals surface area contributed by atoms with Gasteiger partial charge in [-0.15, -0.1) is 0 Å². The molecule has 0 atom stereocenters. The minimum Gasteiger partial charge on any atom is -0.351 e. The normalized spacial score (nSPS) is 17.6. The molecule has 1 N–H and O–H groups in total. The smallest absolute Gasteiger partial charge is 0.134 e. The molecule has 2 aromatic rings. The molecule has 1 aliphatic rings. The van der Waals surface area contributed by atoms with Gasteiger partial charge in [-0.2, -0.15) is 0 Å². The number of rotatable bonds is 4. The molecule has 3 heteroatoms. The van der Waals surface area contributed by atoms with Crippen LogP contribution in [0.2, 0.25) is 0 Å². The Kier molecular flexibility index (Phi) is 3.85. The van der Waals surface area contributed by atoms with Crippen LogP contribution in [0.3, 0.4) is 0 Å². The molecule has 0 saturated carbocycles. The maximum absolute atomic E-state index is 4.99. The number of hydrogen-bond acceptors (Lipinski definition) is 3. The van der Waals surface area contributed by atoms with Crippen molar-refractivity contribution >= 4 is 16.7 Å². The van der Waals surface area contributed by atoms with Crippen LogP contribution >= 0.6 is 0 Å². The molecule has 0 bridgehead atoms. The van der Waals surface area contributed by atoms with E-state index in [1.165, 1.54) is 23.8 Å².